The third-order valence-corrected chi connectivity index (χ3v) is 1.81. The number of hydrogen-bond donors (Lipinski definition) is 1. The van der Waals surface area contributed by atoms with Gasteiger partial charge in [-0.2, -0.15) is 13.2 Å². The second-order valence-corrected chi connectivity index (χ2v) is 3.07. The highest BCUT2D eigenvalue weighted by Gasteiger charge is 2.28. The van der Waals surface area contributed by atoms with Crippen molar-refractivity contribution >= 4 is 5.71 Å². The van der Waals surface area contributed by atoms with Gasteiger partial charge in [0.25, 0.3) is 0 Å². The van der Waals surface area contributed by atoms with Crippen molar-refractivity contribution in [3.8, 4) is 0 Å². The Balaban J connectivity index is 3.02. The molecule has 0 saturated carbocycles. The van der Waals surface area contributed by atoms with Crippen LogP contribution >= 0.6 is 0 Å². The lowest BCUT2D eigenvalue weighted by Gasteiger charge is -2.10. The fourth-order valence-electron chi connectivity index (χ4n) is 1.26. The summed E-state index contributed by atoms with van der Waals surface area (Å²) in [5, 5.41) is 7.32. The molecule has 0 spiro atoms. The summed E-state index contributed by atoms with van der Waals surface area (Å²) in [5.41, 5.74) is 0.683. The largest absolute Gasteiger partial charge is 0.393 e. The first-order valence-corrected chi connectivity index (χ1v) is 4.10. The van der Waals surface area contributed by atoms with Gasteiger partial charge < -0.3 is 5.41 Å². The first kappa shape index (κ1) is 10.8. The van der Waals surface area contributed by atoms with E-state index < -0.39 is 12.6 Å². The molecule has 1 aromatic rings. The van der Waals surface area contributed by atoms with Gasteiger partial charge in [-0.1, -0.05) is 24.3 Å². The minimum absolute atomic E-state index is 0.157. The average Bonchev–Trinajstić information content (AvgIpc) is 2.01. The first-order chi connectivity index (χ1) is 6.40. The van der Waals surface area contributed by atoms with Gasteiger partial charge in [-0.25, -0.2) is 0 Å². The summed E-state index contributed by atoms with van der Waals surface area (Å²) in [5.74, 6) is 0. The van der Waals surface area contributed by atoms with Crippen LogP contribution in [-0.4, -0.2) is 11.9 Å². The summed E-state index contributed by atoms with van der Waals surface area (Å²) < 4.78 is 36.3. The molecule has 14 heavy (non-hydrogen) atoms. The van der Waals surface area contributed by atoms with Crippen molar-refractivity contribution < 1.29 is 13.2 Å². The van der Waals surface area contributed by atoms with Gasteiger partial charge in [0, 0.05) is 5.71 Å². The van der Waals surface area contributed by atoms with Gasteiger partial charge in [0.15, 0.2) is 0 Å². The SMILES string of the molecule is CC(=N)c1ccccc1CC(F)(F)F. The van der Waals surface area contributed by atoms with Gasteiger partial charge in [-0.15, -0.1) is 0 Å². The molecular formula is C10H10F3N. The molecule has 0 radical (unpaired) electrons. The van der Waals surface area contributed by atoms with Crippen LogP contribution in [0.2, 0.25) is 0 Å². The summed E-state index contributed by atoms with van der Waals surface area (Å²) >= 11 is 0. The maximum Gasteiger partial charge on any atom is 0.393 e. The molecule has 1 rings (SSSR count). The molecule has 0 fully saturated rings. The molecule has 0 aliphatic heterocycles. The number of hydrogen-bond acceptors (Lipinski definition) is 1. The summed E-state index contributed by atoms with van der Waals surface area (Å²) in [6, 6.07) is 6.12. The highest BCUT2D eigenvalue weighted by atomic mass is 19.4. The molecule has 0 aliphatic rings. The van der Waals surface area contributed by atoms with Crippen molar-refractivity contribution in [1.82, 2.24) is 0 Å². The van der Waals surface area contributed by atoms with Crippen molar-refractivity contribution in [3.63, 3.8) is 0 Å². The monoisotopic (exact) mass is 201 g/mol. The van der Waals surface area contributed by atoms with Crippen molar-refractivity contribution in [3.05, 3.63) is 35.4 Å². The van der Waals surface area contributed by atoms with Gasteiger partial charge >= 0.3 is 6.18 Å². The third kappa shape index (κ3) is 2.87. The van der Waals surface area contributed by atoms with Crippen molar-refractivity contribution in [2.45, 2.75) is 19.5 Å². The van der Waals surface area contributed by atoms with Crippen LogP contribution < -0.4 is 0 Å². The number of rotatable bonds is 2. The minimum Gasteiger partial charge on any atom is -0.305 e. The summed E-state index contributed by atoms with van der Waals surface area (Å²) in [6.45, 7) is 1.48. The van der Waals surface area contributed by atoms with Gasteiger partial charge in [-0.05, 0) is 18.1 Å². The molecule has 0 bridgehead atoms. The van der Waals surface area contributed by atoms with Crippen LogP contribution in [0.4, 0.5) is 13.2 Å². The third-order valence-electron chi connectivity index (χ3n) is 1.81. The number of halogens is 3. The van der Waals surface area contributed by atoms with E-state index in [-0.39, 0.29) is 11.3 Å². The molecule has 1 N–H and O–H groups in total. The summed E-state index contributed by atoms with van der Waals surface area (Å²) in [7, 11) is 0. The Morgan fingerprint density at radius 3 is 2.36 bits per heavy atom. The molecule has 0 amide bonds. The Labute approximate surface area is 80.1 Å². The first-order valence-electron chi connectivity index (χ1n) is 4.10. The zero-order chi connectivity index (χ0) is 10.8. The van der Waals surface area contributed by atoms with Crippen LogP contribution in [0, 0.1) is 5.41 Å². The van der Waals surface area contributed by atoms with E-state index in [0.717, 1.165) is 0 Å². The van der Waals surface area contributed by atoms with E-state index in [2.05, 4.69) is 0 Å². The lowest BCUT2D eigenvalue weighted by Crippen LogP contribution is -2.14. The van der Waals surface area contributed by atoms with Crippen LogP contribution in [0.15, 0.2) is 24.3 Å². The molecule has 4 heteroatoms. The second kappa shape index (κ2) is 3.82. The Kier molecular flexibility index (Phi) is 2.93. The Morgan fingerprint density at radius 1 is 1.29 bits per heavy atom. The summed E-state index contributed by atoms with van der Waals surface area (Å²) in [6.07, 6.45) is -5.19. The van der Waals surface area contributed by atoms with E-state index in [1.165, 1.54) is 19.1 Å². The van der Waals surface area contributed by atoms with Gasteiger partial charge in [0.2, 0.25) is 0 Å². The van der Waals surface area contributed by atoms with E-state index >= 15 is 0 Å². The quantitative estimate of drug-likeness (QED) is 0.710. The molecule has 76 valence electrons. The van der Waals surface area contributed by atoms with Crippen LogP contribution in [0.25, 0.3) is 0 Å². The lowest BCUT2D eigenvalue weighted by atomic mass is 10.0. The average molecular weight is 201 g/mol. The fraction of sp³-hybridized carbons (Fsp3) is 0.300. The second-order valence-electron chi connectivity index (χ2n) is 3.07. The number of nitrogens with one attached hydrogen (secondary N) is 1. The maximum atomic E-state index is 12.1. The highest BCUT2D eigenvalue weighted by molar-refractivity contribution is 5.97. The fourth-order valence-corrected chi connectivity index (χ4v) is 1.26. The van der Waals surface area contributed by atoms with Crippen molar-refractivity contribution in [2.75, 3.05) is 0 Å². The van der Waals surface area contributed by atoms with E-state index in [9.17, 15) is 13.2 Å². The smallest absolute Gasteiger partial charge is 0.305 e. The Morgan fingerprint density at radius 2 is 1.86 bits per heavy atom. The Hall–Kier alpha value is -1.32. The molecule has 0 aliphatic carbocycles. The molecule has 0 unspecified atom stereocenters. The molecule has 1 nitrogen and oxygen atoms in total. The molecule has 1 aromatic carbocycles. The van der Waals surface area contributed by atoms with E-state index in [4.69, 9.17) is 5.41 Å². The normalized spacial score (nSPS) is 11.4. The maximum absolute atomic E-state index is 12.1. The minimum atomic E-state index is -4.22. The molecule has 0 aromatic heterocycles. The van der Waals surface area contributed by atoms with Gasteiger partial charge in [0.05, 0.1) is 6.42 Å². The van der Waals surface area contributed by atoms with E-state index in [1.54, 1.807) is 12.1 Å². The highest BCUT2D eigenvalue weighted by Crippen LogP contribution is 2.23. The predicted octanol–water partition coefficient (Wildman–Crippen LogP) is 3.18. The standard InChI is InChI=1S/C10H10F3N/c1-7(14)9-5-3-2-4-8(9)6-10(11,12)13/h2-5,14H,6H2,1H3. The van der Waals surface area contributed by atoms with Gasteiger partial charge in [0.1, 0.15) is 0 Å². The van der Waals surface area contributed by atoms with Crippen molar-refractivity contribution in [1.29, 1.82) is 5.41 Å². The summed E-state index contributed by atoms with van der Waals surface area (Å²) in [4.78, 5) is 0. The zero-order valence-corrected chi connectivity index (χ0v) is 7.65. The molecule has 0 saturated heterocycles. The van der Waals surface area contributed by atoms with Gasteiger partial charge in [-0.3, -0.25) is 0 Å². The van der Waals surface area contributed by atoms with Crippen LogP contribution in [-0.2, 0) is 6.42 Å². The van der Waals surface area contributed by atoms with E-state index in [0.29, 0.717) is 5.56 Å². The molecular weight excluding hydrogens is 191 g/mol. The number of benzene rings is 1. The topological polar surface area (TPSA) is 23.9 Å². The predicted molar refractivity (Wildman–Crippen MR) is 48.7 cm³/mol. The van der Waals surface area contributed by atoms with Crippen molar-refractivity contribution in [2.24, 2.45) is 0 Å². The van der Waals surface area contributed by atoms with Crippen LogP contribution in [0.1, 0.15) is 18.1 Å². The van der Waals surface area contributed by atoms with Crippen LogP contribution in [0.5, 0.6) is 0 Å². The Bertz CT molecular complexity index is 341. The lowest BCUT2D eigenvalue weighted by molar-refractivity contribution is -0.127. The molecule has 0 atom stereocenters. The zero-order valence-electron chi connectivity index (χ0n) is 7.65. The molecule has 0 heterocycles. The number of alkyl halides is 3. The van der Waals surface area contributed by atoms with E-state index in [1.807, 2.05) is 0 Å². The van der Waals surface area contributed by atoms with Crippen LogP contribution in [0.3, 0.4) is 0 Å².